The fraction of sp³-hybridized carbons (Fsp3) is 0.588. The number of carbonyl (C=O) groups excluding carboxylic acids is 1. The molecule has 1 N–H and O–H groups in total. The lowest BCUT2D eigenvalue weighted by molar-refractivity contribution is -0.130. The molecule has 120 valence electrons. The largest absolute Gasteiger partial charge is 0.379 e. The maximum atomic E-state index is 12.7. The maximum absolute atomic E-state index is 12.7. The van der Waals surface area contributed by atoms with Gasteiger partial charge in [-0.1, -0.05) is 34.5 Å². The smallest absolute Gasteiger partial charge is 0.230 e. The summed E-state index contributed by atoms with van der Waals surface area (Å²) in [6.07, 6.45) is 3.04. The third-order valence-electron chi connectivity index (χ3n) is 4.86. The number of nitrogens with one attached hydrogen (secondary N) is 1. The van der Waals surface area contributed by atoms with E-state index >= 15 is 0 Å². The first-order valence-corrected chi connectivity index (χ1v) is 8.84. The van der Waals surface area contributed by atoms with Gasteiger partial charge in [-0.3, -0.25) is 9.69 Å². The monoisotopic (exact) mass is 366 g/mol. The van der Waals surface area contributed by atoms with Gasteiger partial charge in [-0.05, 0) is 30.5 Å². The highest BCUT2D eigenvalue weighted by molar-refractivity contribution is 9.10. The van der Waals surface area contributed by atoms with Crippen molar-refractivity contribution in [1.82, 2.24) is 10.2 Å². The summed E-state index contributed by atoms with van der Waals surface area (Å²) in [7, 11) is 0. The van der Waals surface area contributed by atoms with Crippen molar-refractivity contribution in [3.63, 3.8) is 0 Å². The molecule has 0 atom stereocenters. The number of ether oxygens (including phenoxy) is 1. The van der Waals surface area contributed by atoms with Gasteiger partial charge in [-0.25, -0.2) is 0 Å². The zero-order valence-corrected chi connectivity index (χ0v) is 14.4. The van der Waals surface area contributed by atoms with Crippen molar-refractivity contribution in [3.05, 3.63) is 34.3 Å². The molecule has 22 heavy (non-hydrogen) atoms. The summed E-state index contributed by atoms with van der Waals surface area (Å²) < 4.78 is 6.40. The minimum absolute atomic E-state index is 0.189. The van der Waals surface area contributed by atoms with E-state index in [9.17, 15) is 4.79 Å². The van der Waals surface area contributed by atoms with Gasteiger partial charge in [0.25, 0.3) is 0 Å². The number of nitrogens with zero attached hydrogens (tertiary/aromatic N) is 1. The number of amides is 1. The fourth-order valence-electron chi connectivity index (χ4n) is 3.27. The van der Waals surface area contributed by atoms with Crippen LogP contribution in [0.3, 0.4) is 0 Å². The predicted molar refractivity (Wildman–Crippen MR) is 89.9 cm³/mol. The van der Waals surface area contributed by atoms with Crippen molar-refractivity contribution in [2.45, 2.75) is 24.7 Å². The second-order valence-electron chi connectivity index (χ2n) is 6.15. The number of morpholine rings is 1. The van der Waals surface area contributed by atoms with Crippen LogP contribution < -0.4 is 5.32 Å². The third-order valence-corrected chi connectivity index (χ3v) is 5.38. The summed E-state index contributed by atoms with van der Waals surface area (Å²) in [4.78, 5) is 15.1. The van der Waals surface area contributed by atoms with Crippen LogP contribution in [-0.4, -0.2) is 50.2 Å². The number of rotatable bonds is 5. The highest BCUT2D eigenvalue weighted by atomic mass is 79.9. The molecule has 0 aromatic heterocycles. The Bertz CT molecular complexity index is 508. The molecule has 1 aliphatic carbocycles. The molecule has 4 nitrogen and oxygen atoms in total. The van der Waals surface area contributed by atoms with Gasteiger partial charge in [-0.2, -0.15) is 0 Å². The number of benzene rings is 1. The molecule has 0 radical (unpaired) electrons. The van der Waals surface area contributed by atoms with Gasteiger partial charge in [0.15, 0.2) is 0 Å². The quantitative estimate of drug-likeness (QED) is 0.869. The van der Waals surface area contributed by atoms with Crippen molar-refractivity contribution in [2.24, 2.45) is 0 Å². The summed E-state index contributed by atoms with van der Waals surface area (Å²) in [6.45, 7) is 5.16. The lowest BCUT2D eigenvalue weighted by Crippen LogP contribution is -2.51. The molecule has 2 fully saturated rings. The summed E-state index contributed by atoms with van der Waals surface area (Å²) in [5.41, 5.74) is 0.844. The molecule has 0 unspecified atom stereocenters. The molecule has 1 aromatic rings. The zero-order valence-electron chi connectivity index (χ0n) is 12.8. The highest BCUT2D eigenvalue weighted by Crippen LogP contribution is 2.44. The zero-order chi connectivity index (χ0) is 15.4. The molecule has 1 aliphatic heterocycles. The number of carbonyl (C=O) groups is 1. The molecule has 1 saturated carbocycles. The number of hydrogen-bond donors (Lipinski definition) is 1. The normalized spacial score (nSPS) is 21.1. The number of hydrogen-bond acceptors (Lipinski definition) is 3. The molecule has 1 saturated heterocycles. The minimum atomic E-state index is -0.300. The van der Waals surface area contributed by atoms with E-state index in [-0.39, 0.29) is 11.3 Å². The topological polar surface area (TPSA) is 41.6 Å². The summed E-state index contributed by atoms with van der Waals surface area (Å²) >= 11 is 3.46. The Morgan fingerprint density at radius 2 is 1.91 bits per heavy atom. The van der Waals surface area contributed by atoms with Gasteiger partial charge >= 0.3 is 0 Å². The van der Waals surface area contributed by atoms with Crippen molar-refractivity contribution >= 4 is 21.8 Å². The Morgan fingerprint density at radius 1 is 1.23 bits per heavy atom. The Morgan fingerprint density at radius 3 is 2.50 bits per heavy atom. The van der Waals surface area contributed by atoms with Gasteiger partial charge in [0, 0.05) is 30.7 Å². The molecule has 5 heteroatoms. The molecule has 2 aliphatic rings. The molecule has 1 heterocycles. The Kier molecular flexibility index (Phi) is 5.16. The lowest BCUT2D eigenvalue weighted by Gasteiger charge is -2.41. The first kappa shape index (κ1) is 16.0. The molecule has 3 rings (SSSR count). The Labute approximate surface area is 140 Å². The van der Waals surface area contributed by atoms with Gasteiger partial charge in [-0.15, -0.1) is 0 Å². The first-order valence-electron chi connectivity index (χ1n) is 8.05. The SMILES string of the molecule is O=C(NCCN1CCOCC1)C1(c2ccc(Br)cc2)CCC1. The van der Waals surface area contributed by atoms with E-state index in [2.05, 4.69) is 38.3 Å². The van der Waals surface area contributed by atoms with Crippen molar-refractivity contribution in [3.8, 4) is 0 Å². The van der Waals surface area contributed by atoms with Gasteiger partial charge in [0.05, 0.1) is 18.6 Å². The lowest BCUT2D eigenvalue weighted by atomic mass is 9.64. The van der Waals surface area contributed by atoms with E-state index in [1.54, 1.807) is 0 Å². The molecule has 1 amide bonds. The fourth-order valence-corrected chi connectivity index (χ4v) is 3.53. The van der Waals surface area contributed by atoms with Crippen LogP contribution in [0, 0.1) is 0 Å². The van der Waals surface area contributed by atoms with Crippen molar-refractivity contribution < 1.29 is 9.53 Å². The van der Waals surface area contributed by atoms with E-state index in [1.807, 2.05) is 12.1 Å². The maximum Gasteiger partial charge on any atom is 0.230 e. The highest BCUT2D eigenvalue weighted by Gasteiger charge is 2.45. The van der Waals surface area contributed by atoms with Gasteiger partial charge in [0.2, 0.25) is 5.91 Å². The van der Waals surface area contributed by atoms with E-state index in [4.69, 9.17) is 4.74 Å². The van der Waals surface area contributed by atoms with Crippen LogP contribution in [0.2, 0.25) is 0 Å². The second-order valence-corrected chi connectivity index (χ2v) is 7.07. The molecule has 0 spiro atoms. The van der Waals surface area contributed by atoms with Gasteiger partial charge in [0.1, 0.15) is 0 Å². The summed E-state index contributed by atoms with van der Waals surface area (Å²) in [6, 6.07) is 8.20. The van der Waals surface area contributed by atoms with E-state index in [0.29, 0.717) is 0 Å². The van der Waals surface area contributed by atoms with E-state index < -0.39 is 0 Å². The third kappa shape index (κ3) is 3.36. The summed E-state index contributed by atoms with van der Waals surface area (Å²) in [5.74, 6) is 0.189. The number of halogens is 1. The van der Waals surface area contributed by atoms with Crippen LogP contribution >= 0.6 is 15.9 Å². The minimum Gasteiger partial charge on any atom is -0.379 e. The van der Waals surface area contributed by atoms with Crippen LogP contribution in [0.15, 0.2) is 28.7 Å². The first-order chi connectivity index (χ1) is 10.7. The van der Waals surface area contributed by atoms with E-state index in [0.717, 1.165) is 68.7 Å². The standard InChI is InChI=1S/C17H23BrN2O2/c18-15-4-2-14(3-5-15)17(6-1-7-17)16(21)19-8-9-20-10-12-22-13-11-20/h2-5H,1,6-13H2,(H,19,21). The van der Waals surface area contributed by atoms with Gasteiger partial charge < -0.3 is 10.1 Å². The van der Waals surface area contributed by atoms with Crippen LogP contribution in [0.4, 0.5) is 0 Å². The van der Waals surface area contributed by atoms with Crippen molar-refractivity contribution in [2.75, 3.05) is 39.4 Å². The molecule has 0 bridgehead atoms. The molecular formula is C17H23BrN2O2. The summed E-state index contributed by atoms with van der Waals surface area (Å²) in [5, 5.41) is 3.15. The average Bonchev–Trinajstić information content (AvgIpc) is 2.49. The molecular weight excluding hydrogens is 344 g/mol. The van der Waals surface area contributed by atoms with E-state index in [1.165, 1.54) is 0 Å². The van der Waals surface area contributed by atoms with Crippen molar-refractivity contribution in [1.29, 1.82) is 0 Å². The Balaban J connectivity index is 1.56. The van der Waals surface area contributed by atoms with Crippen LogP contribution in [0.1, 0.15) is 24.8 Å². The van der Waals surface area contributed by atoms with Crippen LogP contribution in [0.5, 0.6) is 0 Å². The average molecular weight is 367 g/mol. The van der Waals surface area contributed by atoms with Crippen LogP contribution in [0.25, 0.3) is 0 Å². The molecule has 1 aromatic carbocycles. The second kappa shape index (κ2) is 7.11. The Hall–Kier alpha value is -0.910. The van der Waals surface area contributed by atoms with Crippen LogP contribution in [-0.2, 0) is 14.9 Å². The predicted octanol–water partition coefficient (Wildman–Crippen LogP) is 2.32.